The van der Waals surface area contributed by atoms with Gasteiger partial charge in [-0.25, -0.2) is 4.79 Å². The van der Waals surface area contributed by atoms with Gasteiger partial charge in [0, 0.05) is 6.42 Å². The Labute approximate surface area is 159 Å². The largest absolute Gasteiger partial charge is 0.496 e. The minimum Gasteiger partial charge on any atom is -0.496 e. The summed E-state index contributed by atoms with van der Waals surface area (Å²) in [6, 6.07) is 14.7. The highest BCUT2D eigenvalue weighted by molar-refractivity contribution is 5.70. The van der Waals surface area contributed by atoms with Crippen LogP contribution in [0.25, 0.3) is 0 Å². The van der Waals surface area contributed by atoms with E-state index < -0.39 is 12.3 Å². The Morgan fingerprint density at radius 3 is 2.37 bits per heavy atom. The van der Waals surface area contributed by atoms with Crippen LogP contribution in [0.3, 0.4) is 0 Å². The van der Waals surface area contributed by atoms with Crippen molar-refractivity contribution in [3.63, 3.8) is 0 Å². The molecule has 2 aromatic carbocycles. The van der Waals surface area contributed by atoms with Gasteiger partial charge in [-0.3, -0.25) is 4.89 Å². The topological polar surface area (TPSA) is 74.2 Å². The van der Waals surface area contributed by atoms with Crippen molar-refractivity contribution in [3.05, 3.63) is 59.7 Å². The maximum Gasteiger partial charge on any atom is 0.379 e. The van der Waals surface area contributed by atoms with E-state index in [1.54, 1.807) is 24.3 Å². The number of hydrogen-bond acceptors (Lipinski definition) is 6. The summed E-state index contributed by atoms with van der Waals surface area (Å²) in [5.41, 5.74) is 1.95. The van der Waals surface area contributed by atoms with Crippen LogP contribution in [0.2, 0.25) is 0 Å². The number of methoxy groups -OCH3 is 1. The number of carbonyl (C=O) groups is 1. The van der Waals surface area contributed by atoms with Gasteiger partial charge in [-0.2, -0.15) is 4.89 Å². The Morgan fingerprint density at radius 1 is 1.07 bits per heavy atom. The average molecular weight is 374 g/mol. The predicted octanol–water partition coefficient (Wildman–Crippen LogP) is 3.41. The SMILES string of the molecule is COc1ccccc1C[C@@H](O)OOC(=O)COc1ccc(C(C)(C)C)cc1. The molecule has 0 aliphatic carbocycles. The lowest BCUT2D eigenvalue weighted by Crippen LogP contribution is -2.22. The minimum absolute atomic E-state index is 0.0445. The Hall–Kier alpha value is -2.57. The number of aliphatic hydroxyl groups excluding tert-OH is 1. The van der Waals surface area contributed by atoms with Crippen molar-refractivity contribution in [1.82, 2.24) is 0 Å². The van der Waals surface area contributed by atoms with Crippen molar-refractivity contribution in [2.45, 2.75) is 38.9 Å². The van der Waals surface area contributed by atoms with E-state index in [9.17, 15) is 9.90 Å². The number of aliphatic hydroxyl groups is 1. The van der Waals surface area contributed by atoms with Crippen molar-refractivity contribution in [2.24, 2.45) is 0 Å². The maximum atomic E-state index is 11.7. The highest BCUT2D eigenvalue weighted by Crippen LogP contribution is 2.24. The molecule has 0 aliphatic heterocycles. The summed E-state index contributed by atoms with van der Waals surface area (Å²) in [6.07, 6.45) is -1.19. The minimum atomic E-state index is -1.31. The van der Waals surface area contributed by atoms with Crippen LogP contribution < -0.4 is 9.47 Å². The molecule has 1 N–H and O–H groups in total. The van der Waals surface area contributed by atoms with Gasteiger partial charge in [0.15, 0.2) is 6.61 Å². The van der Waals surface area contributed by atoms with E-state index in [2.05, 4.69) is 25.7 Å². The van der Waals surface area contributed by atoms with E-state index >= 15 is 0 Å². The van der Waals surface area contributed by atoms with Gasteiger partial charge in [-0.1, -0.05) is 51.1 Å². The van der Waals surface area contributed by atoms with Crippen LogP contribution in [0.1, 0.15) is 31.9 Å². The molecule has 0 aliphatic rings. The van der Waals surface area contributed by atoms with Crippen molar-refractivity contribution in [3.8, 4) is 11.5 Å². The van der Waals surface area contributed by atoms with Crippen molar-refractivity contribution < 1.29 is 29.1 Å². The Bertz CT molecular complexity index is 733. The Morgan fingerprint density at radius 2 is 1.74 bits per heavy atom. The summed E-state index contributed by atoms with van der Waals surface area (Å²) in [6.45, 7) is 6.03. The number of ether oxygens (including phenoxy) is 2. The molecule has 1 atom stereocenters. The number of carbonyl (C=O) groups excluding carboxylic acids is 1. The molecule has 0 saturated carbocycles. The zero-order valence-electron chi connectivity index (χ0n) is 16.1. The van der Waals surface area contributed by atoms with E-state index in [0.29, 0.717) is 11.5 Å². The second-order valence-electron chi connectivity index (χ2n) is 7.09. The molecule has 0 saturated heterocycles. The quantitative estimate of drug-likeness (QED) is 0.434. The smallest absolute Gasteiger partial charge is 0.379 e. The van der Waals surface area contributed by atoms with Gasteiger partial charge in [-0.15, -0.1) is 0 Å². The molecule has 0 bridgehead atoms. The molecule has 0 radical (unpaired) electrons. The van der Waals surface area contributed by atoms with Crippen LogP contribution >= 0.6 is 0 Å². The van der Waals surface area contributed by atoms with Crippen LogP contribution in [0.5, 0.6) is 11.5 Å². The lowest BCUT2D eigenvalue weighted by molar-refractivity contribution is -0.342. The molecule has 0 heterocycles. The zero-order chi connectivity index (χ0) is 19.9. The van der Waals surface area contributed by atoms with E-state index in [0.717, 1.165) is 5.56 Å². The van der Waals surface area contributed by atoms with E-state index in [1.165, 1.54) is 12.7 Å². The fourth-order valence-electron chi connectivity index (χ4n) is 2.42. The van der Waals surface area contributed by atoms with Gasteiger partial charge in [0.25, 0.3) is 0 Å². The highest BCUT2D eigenvalue weighted by atomic mass is 17.2. The maximum absolute atomic E-state index is 11.7. The summed E-state index contributed by atoms with van der Waals surface area (Å²) in [7, 11) is 1.54. The lowest BCUT2D eigenvalue weighted by Gasteiger charge is -2.19. The van der Waals surface area contributed by atoms with Gasteiger partial charge in [0.1, 0.15) is 11.5 Å². The van der Waals surface area contributed by atoms with Gasteiger partial charge in [0.05, 0.1) is 7.11 Å². The molecule has 0 spiro atoms. The fourth-order valence-corrected chi connectivity index (χ4v) is 2.42. The van der Waals surface area contributed by atoms with Gasteiger partial charge in [-0.05, 0) is 34.7 Å². The van der Waals surface area contributed by atoms with Crippen molar-refractivity contribution in [2.75, 3.05) is 13.7 Å². The van der Waals surface area contributed by atoms with Gasteiger partial charge >= 0.3 is 5.97 Å². The molecule has 2 aromatic rings. The predicted molar refractivity (Wildman–Crippen MR) is 101 cm³/mol. The van der Waals surface area contributed by atoms with Gasteiger partial charge < -0.3 is 14.6 Å². The summed E-state index contributed by atoms with van der Waals surface area (Å²) >= 11 is 0. The second kappa shape index (κ2) is 9.39. The van der Waals surface area contributed by atoms with E-state index in [1.807, 2.05) is 24.3 Å². The highest BCUT2D eigenvalue weighted by Gasteiger charge is 2.15. The molecule has 2 rings (SSSR count). The molecular weight excluding hydrogens is 348 g/mol. The number of benzene rings is 2. The normalized spacial score (nSPS) is 12.3. The molecule has 27 heavy (non-hydrogen) atoms. The number of rotatable bonds is 8. The average Bonchev–Trinajstić information content (AvgIpc) is 2.64. The number of hydrogen-bond donors (Lipinski definition) is 1. The second-order valence-corrected chi connectivity index (χ2v) is 7.09. The van der Waals surface area contributed by atoms with E-state index in [-0.39, 0.29) is 18.4 Å². The first-order valence-electron chi connectivity index (χ1n) is 8.69. The molecule has 6 nitrogen and oxygen atoms in total. The molecule has 146 valence electrons. The van der Waals surface area contributed by atoms with Crippen LogP contribution in [0.4, 0.5) is 0 Å². The first-order valence-corrected chi connectivity index (χ1v) is 8.69. The Balaban J connectivity index is 1.75. The molecule has 0 unspecified atom stereocenters. The Kier molecular flexibility index (Phi) is 7.21. The third kappa shape index (κ3) is 6.58. The molecule has 0 aromatic heterocycles. The lowest BCUT2D eigenvalue weighted by atomic mass is 9.87. The van der Waals surface area contributed by atoms with E-state index in [4.69, 9.17) is 14.4 Å². The van der Waals surface area contributed by atoms with Gasteiger partial charge in [0.2, 0.25) is 6.29 Å². The summed E-state index contributed by atoms with van der Waals surface area (Å²) in [5, 5.41) is 9.87. The summed E-state index contributed by atoms with van der Waals surface area (Å²) in [5.74, 6) is 0.428. The van der Waals surface area contributed by atoms with Crippen LogP contribution in [-0.4, -0.2) is 31.1 Å². The fraction of sp³-hybridized carbons (Fsp3) is 0.381. The molecule has 0 amide bonds. The third-order valence-electron chi connectivity index (χ3n) is 3.92. The van der Waals surface area contributed by atoms with Crippen LogP contribution in [-0.2, 0) is 26.4 Å². The zero-order valence-corrected chi connectivity index (χ0v) is 16.1. The molecule has 6 heteroatoms. The van der Waals surface area contributed by atoms with Crippen molar-refractivity contribution in [1.29, 1.82) is 0 Å². The molecule has 0 fully saturated rings. The van der Waals surface area contributed by atoms with Crippen molar-refractivity contribution >= 4 is 5.97 Å². The molecular formula is C21H26O6. The van der Waals surface area contributed by atoms with Crippen LogP contribution in [0, 0.1) is 0 Å². The van der Waals surface area contributed by atoms with Crippen LogP contribution in [0.15, 0.2) is 48.5 Å². The standard InChI is InChI=1S/C21H26O6/c1-21(2,3)16-9-11-17(12-10-16)25-14-20(23)27-26-19(22)13-15-7-5-6-8-18(15)24-4/h5-12,19,22H,13-14H2,1-4H3/t19-/m0/s1. The summed E-state index contributed by atoms with van der Waals surface area (Å²) in [4.78, 5) is 21.0. The first-order chi connectivity index (χ1) is 12.8. The monoisotopic (exact) mass is 374 g/mol. The third-order valence-corrected chi connectivity index (χ3v) is 3.92. The summed E-state index contributed by atoms with van der Waals surface area (Å²) < 4.78 is 10.6. The number of para-hydroxylation sites is 1. The first kappa shape index (κ1) is 20.7.